The van der Waals surface area contributed by atoms with E-state index in [0.29, 0.717) is 25.9 Å². The smallest absolute Gasteiger partial charge is 0.256 e. The fraction of sp³-hybridized carbons (Fsp3) is 0.579. The van der Waals surface area contributed by atoms with Crippen LogP contribution in [0.3, 0.4) is 0 Å². The van der Waals surface area contributed by atoms with Crippen molar-refractivity contribution < 1.29 is 18.4 Å². The minimum absolute atomic E-state index is 0.0884. The monoisotopic (exact) mass is 365 g/mol. The molecule has 2 saturated heterocycles. The molecule has 1 aromatic rings. The summed E-state index contributed by atoms with van der Waals surface area (Å²) in [6.45, 7) is 2.42. The van der Waals surface area contributed by atoms with Crippen molar-refractivity contribution in [1.29, 1.82) is 0 Å². The van der Waals surface area contributed by atoms with E-state index >= 15 is 0 Å². The molecule has 2 aliphatic heterocycles. The maximum atomic E-state index is 13.8. The summed E-state index contributed by atoms with van der Waals surface area (Å²) < 4.78 is 26.8. The maximum absolute atomic E-state index is 13.8. The summed E-state index contributed by atoms with van der Waals surface area (Å²) in [5, 5.41) is 3.14. The first kappa shape index (κ1) is 18.8. The molecule has 1 aromatic carbocycles. The molecule has 1 unspecified atom stereocenters. The Labute approximate surface area is 152 Å². The molecule has 2 heterocycles. The third-order valence-electron chi connectivity index (χ3n) is 5.39. The molecule has 0 aliphatic carbocycles. The Balaban J connectivity index is 1.58. The predicted octanol–water partition coefficient (Wildman–Crippen LogP) is 2.03. The molecule has 1 atom stereocenters. The van der Waals surface area contributed by atoms with Gasteiger partial charge in [0.05, 0.1) is 5.56 Å². The molecule has 0 bridgehead atoms. The lowest BCUT2D eigenvalue weighted by atomic mass is 9.94. The Bertz CT molecular complexity index is 675. The molecule has 2 amide bonds. The quantitative estimate of drug-likeness (QED) is 0.888. The fourth-order valence-electron chi connectivity index (χ4n) is 3.97. The van der Waals surface area contributed by atoms with Crippen LogP contribution in [0.1, 0.15) is 36.0 Å². The second-order valence-corrected chi connectivity index (χ2v) is 7.08. The van der Waals surface area contributed by atoms with E-state index in [1.807, 2.05) is 11.9 Å². The van der Waals surface area contributed by atoms with Crippen LogP contribution in [-0.2, 0) is 4.79 Å². The number of likely N-dealkylation sites (N-methyl/N-ethyl adjacent to an activating group) is 1. The molecule has 2 aliphatic rings. The Morgan fingerprint density at radius 3 is 2.54 bits per heavy atom. The Hall–Kier alpha value is -2.02. The number of amides is 2. The zero-order valence-electron chi connectivity index (χ0n) is 15.0. The van der Waals surface area contributed by atoms with Crippen LogP contribution in [-0.4, -0.2) is 60.9 Å². The van der Waals surface area contributed by atoms with E-state index in [2.05, 4.69) is 5.32 Å². The van der Waals surface area contributed by atoms with Crippen molar-refractivity contribution >= 4 is 11.8 Å². The molecule has 0 saturated carbocycles. The summed E-state index contributed by atoms with van der Waals surface area (Å²) >= 11 is 0. The largest absolute Gasteiger partial charge is 0.339 e. The van der Waals surface area contributed by atoms with Gasteiger partial charge in [0.2, 0.25) is 5.91 Å². The molecule has 3 rings (SSSR count). The molecular weight excluding hydrogens is 340 g/mol. The average Bonchev–Trinajstić information content (AvgIpc) is 3.09. The number of nitrogens with zero attached hydrogens (tertiary/aromatic N) is 2. The maximum Gasteiger partial charge on any atom is 0.256 e. The van der Waals surface area contributed by atoms with Gasteiger partial charge < -0.3 is 15.1 Å². The van der Waals surface area contributed by atoms with Crippen LogP contribution in [0, 0.1) is 17.6 Å². The van der Waals surface area contributed by atoms with Gasteiger partial charge in [0, 0.05) is 44.2 Å². The summed E-state index contributed by atoms with van der Waals surface area (Å²) in [7, 11) is 1.89. The highest BCUT2D eigenvalue weighted by Gasteiger charge is 2.35. The van der Waals surface area contributed by atoms with Crippen LogP contribution in [0.5, 0.6) is 0 Å². The highest BCUT2D eigenvalue weighted by molar-refractivity contribution is 5.94. The standard InChI is InChI=1S/C19H25F2N3O2/c1-22-12-15-3-2-8-24(15)18(25)13-6-9-23(10-7-13)19(26)16-5-4-14(20)11-17(16)21/h4-5,11,13,15,22H,2-3,6-10,12H2,1H3. The van der Waals surface area contributed by atoms with Crippen molar-refractivity contribution in [3.8, 4) is 0 Å². The zero-order chi connectivity index (χ0) is 18.7. The van der Waals surface area contributed by atoms with Gasteiger partial charge >= 0.3 is 0 Å². The van der Waals surface area contributed by atoms with Gasteiger partial charge in [0.15, 0.2) is 0 Å². The van der Waals surface area contributed by atoms with Gasteiger partial charge in [-0.15, -0.1) is 0 Å². The highest BCUT2D eigenvalue weighted by atomic mass is 19.1. The van der Waals surface area contributed by atoms with Crippen LogP contribution >= 0.6 is 0 Å². The van der Waals surface area contributed by atoms with Crippen LogP contribution in [0.25, 0.3) is 0 Å². The van der Waals surface area contributed by atoms with E-state index in [1.54, 1.807) is 4.90 Å². The predicted molar refractivity (Wildman–Crippen MR) is 93.6 cm³/mol. The minimum atomic E-state index is -0.847. The first-order valence-electron chi connectivity index (χ1n) is 9.20. The summed E-state index contributed by atoms with van der Waals surface area (Å²) in [6, 6.07) is 3.23. The molecule has 7 heteroatoms. The Kier molecular flexibility index (Phi) is 5.86. The van der Waals surface area contributed by atoms with E-state index in [4.69, 9.17) is 0 Å². The minimum Gasteiger partial charge on any atom is -0.339 e. The summed E-state index contributed by atoms with van der Waals surface area (Å²) in [5.74, 6) is -1.91. The van der Waals surface area contributed by atoms with Crippen LogP contribution in [0.2, 0.25) is 0 Å². The van der Waals surface area contributed by atoms with Crippen molar-refractivity contribution in [2.45, 2.75) is 31.7 Å². The Morgan fingerprint density at radius 1 is 1.15 bits per heavy atom. The zero-order valence-corrected chi connectivity index (χ0v) is 15.0. The Morgan fingerprint density at radius 2 is 1.88 bits per heavy atom. The van der Waals surface area contributed by atoms with Gasteiger partial charge in [-0.3, -0.25) is 9.59 Å². The van der Waals surface area contributed by atoms with Gasteiger partial charge in [-0.2, -0.15) is 0 Å². The van der Waals surface area contributed by atoms with Crippen LogP contribution in [0.4, 0.5) is 8.78 Å². The van der Waals surface area contributed by atoms with Crippen LogP contribution in [0.15, 0.2) is 18.2 Å². The van der Waals surface area contributed by atoms with Crippen molar-refractivity contribution in [2.75, 3.05) is 33.2 Å². The number of carbonyl (C=O) groups excluding carboxylic acids is 2. The molecule has 26 heavy (non-hydrogen) atoms. The molecule has 142 valence electrons. The molecule has 0 radical (unpaired) electrons. The molecular formula is C19H25F2N3O2. The van der Waals surface area contributed by atoms with E-state index < -0.39 is 17.5 Å². The highest BCUT2D eigenvalue weighted by Crippen LogP contribution is 2.26. The number of hydrogen-bond acceptors (Lipinski definition) is 3. The van der Waals surface area contributed by atoms with Crippen molar-refractivity contribution in [3.63, 3.8) is 0 Å². The van der Waals surface area contributed by atoms with Gasteiger partial charge in [-0.05, 0) is 44.9 Å². The summed E-state index contributed by atoms with van der Waals surface area (Å²) in [6.07, 6.45) is 3.21. The lowest BCUT2D eigenvalue weighted by molar-refractivity contribution is -0.137. The number of carbonyl (C=O) groups is 2. The van der Waals surface area contributed by atoms with Crippen molar-refractivity contribution in [2.24, 2.45) is 5.92 Å². The average molecular weight is 365 g/mol. The number of halogens is 2. The summed E-state index contributed by atoms with van der Waals surface area (Å²) in [4.78, 5) is 28.8. The van der Waals surface area contributed by atoms with Crippen molar-refractivity contribution in [3.05, 3.63) is 35.4 Å². The SMILES string of the molecule is CNCC1CCCN1C(=O)C1CCN(C(=O)c2ccc(F)cc2F)CC1. The number of likely N-dealkylation sites (tertiary alicyclic amines) is 2. The van der Waals surface area contributed by atoms with E-state index in [1.165, 1.54) is 6.07 Å². The number of piperidine rings is 1. The summed E-state index contributed by atoms with van der Waals surface area (Å²) in [5.41, 5.74) is -0.121. The third-order valence-corrected chi connectivity index (χ3v) is 5.39. The molecule has 5 nitrogen and oxygen atoms in total. The van der Waals surface area contributed by atoms with Gasteiger partial charge in [-0.1, -0.05) is 0 Å². The lowest BCUT2D eigenvalue weighted by Gasteiger charge is -2.35. The fourth-order valence-corrected chi connectivity index (χ4v) is 3.97. The number of nitrogens with one attached hydrogen (secondary N) is 1. The van der Waals surface area contributed by atoms with E-state index in [-0.39, 0.29) is 23.4 Å². The number of hydrogen-bond donors (Lipinski definition) is 1. The van der Waals surface area contributed by atoms with Gasteiger partial charge in [0.25, 0.3) is 5.91 Å². The normalized spacial score (nSPS) is 21.3. The van der Waals surface area contributed by atoms with E-state index in [0.717, 1.165) is 38.1 Å². The topological polar surface area (TPSA) is 52.7 Å². The van der Waals surface area contributed by atoms with E-state index in [9.17, 15) is 18.4 Å². The third kappa shape index (κ3) is 3.87. The molecule has 0 spiro atoms. The van der Waals surface area contributed by atoms with Gasteiger partial charge in [0.1, 0.15) is 11.6 Å². The first-order valence-corrected chi connectivity index (χ1v) is 9.20. The molecule has 0 aromatic heterocycles. The second kappa shape index (κ2) is 8.12. The number of rotatable bonds is 4. The first-order chi connectivity index (χ1) is 12.5. The van der Waals surface area contributed by atoms with Crippen LogP contribution < -0.4 is 5.32 Å². The molecule has 1 N–H and O–H groups in total. The van der Waals surface area contributed by atoms with Gasteiger partial charge in [-0.25, -0.2) is 8.78 Å². The number of benzene rings is 1. The lowest BCUT2D eigenvalue weighted by Crippen LogP contribution is -2.47. The second-order valence-electron chi connectivity index (χ2n) is 7.08. The molecule has 2 fully saturated rings. The van der Waals surface area contributed by atoms with Crippen molar-refractivity contribution in [1.82, 2.24) is 15.1 Å².